The molecule has 0 spiro atoms. The molecule has 3 rings (SSSR count). The van der Waals surface area contributed by atoms with Crippen molar-refractivity contribution in [2.24, 2.45) is 5.92 Å². The van der Waals surface area contributed by atoms with E-state index in [0.717, 1.165) is 6.54 Å². The quantitative estimate of drug-likeness (QED) is 0.878. The highest BCUT2D eigenvalue weighted by Crippen LogP contribution is 2.27. The van der Waals surface area contributed by atoms with Crippen LogP contribution >= 0.6 is 0 Å². The number of hydrogen-bond donors (Lipinski definition) is 1. The van der Waals surface area contributed by atoms with Crippen LogP contribution in [0.15, 0.2) is 35.4 Å². The van der Waals surface area contributed by atoms with E-state index in [2.05, 4.69) is 10.3 Å². The van der Waals surface area contributed by atoms with Crippen LogP contribution in [0.4, 0.5) is 0 Å². The molecular weight excluding hydrogens is 266 g/mol. The van der Waals surface area contributed by atoms with E-state index in [4.69, 9.17) is 0 Å². The maximum absolute atomic E-state index is 12.2. The van der Waals surface area contributed by atoms with E-state index in [1.165, 1.54) is 12.8 Å². The number of amides is 1. The van der Waals surface area contributed by atoms with Gasteiger partial charge in [-0.3, -0.25) is 14.2 Å². The summed E-state index contributed by atoms with van der Waals surface area (Å²) in [5.74, 6) is 0.768. The summed E-state index contributed by atoms with van der Waals surface area (Å²) < 4.78 is 1.58. The lowest BCUT2D eigenvalue weighted by atomic mass is 10.2. The topological polar surface area (TPSA) is 64.0 Å². The summed E-state index contributed by atoms with van der Waals surface area (Å²) in [4.78, 5) is 28.2. The molecule has 0 atom stereocenters. The summed E-state index contributed by atoms with van der Waals surface area (Å²) >= 11 is 0. The maximum Gasteiger partial charge on any atom is 0.261 e. The van der Waals surface area contributed by atoms with Gasteiger partial charge in [0, 0.05) is 19.5 Å². The minimum Gasteiger partial charge on any atom is -0.356 e. The molecule has 5 heteroatoms. The minimum absolute atomic E-state index is 0.0426. The van der Waals surface area contributed by atoms with Crippen molar-refractivity contribution >= 4 is 16.8 Å². The number of aryl methyl sites for hydroxylation is 1. The van der Waals surface area contributed by atoms with Crippen molar-refractivity contribution in [1.82, 2.24) is 14.9 Å². The number of carbonyl (C=O) groups is 1. The van der Waals surface area contributed by atoms with Crippen LogP contribution in [0.5, 0.6) is 0 Å². The summed E-state index contributed by atoms with van der Waals surface area (Å²) in [5.41, 5.74) is 0.667. The lowest BCUT2D eigenvalue weighted by molar-refractivity contribution is -0.121. The monoisotopic (exact) mass is 285 g/mol. The van der Waals surface area contributed by atoms with Crippen molar-refractivity contribution < 1.29 is 4.79 Å². The average Bonchev–Trinajstić information content (AvgIpc) is 3.32. The van der Waals surface area contributed by atoms with Gasteiger partial charge < -0.3 is 5.32 Å². The van der Waals surface area contributed by atoms with E-state index >= 15 is 0 Å². The smallest absolute Gasteiger partial charge is 0.261 e. The second kappa shape index (κ2) is 6.08. The van der Waals surface area contributed by atoms with Crippen LogP contribution in [0.3, 0.4) is 0 Å². The summed E-state index contributed by atoms with van der Waals surface area (Å²) in [7, 11) is 0. The SMILES string of the molecule is O=C(CCCn1cnc2ccccc2c1=O)NCC1CC1. The van der Waals surface area contributed by atoms with Crippen LogP contribution in [0.2, 0.25) is 0 Å². The van der Waals surface area contributed by atoms with Gasteiger partial charge in [0.05, 0.1) is 17.2 Å². The van der Waals surface area contributed by atoms with Gasteiger partial charge in [0.25, 0.3) is 5.56 Å². The Morgan fingerprint density at radius 2 is 2.14 bits per heavy atom. The second-order valence-corrected chi connectivity index (χ2v) is 5.61. The van der Waals surface area contributed by atoms with Gasteiger partial charge in [0.1, 0.15) is 0 Å². The second-order valence-electron chi connectivity index (χ2n) is 5.61. The lowest BCUT2D eigenvalue weighted by Gasteiger charge is -2.07. The van der Waals surface area contributed by atoms with Crippen molar-refractivity contribution in [3.8, 4) is 0 Å². The van der Waals surface area contributed by atoms with Gasteiger partial charge in [-0.15, -0.1) is 0 Å². The maximum atomic E-state index is 12.2. The zero-order valence-corrected chi connectivity index (χ0v) is 11.9. The highest BCUT2D eigenvalue weighted by molar-refractivity contribution is 5.77. The molecule has 1 N–H and O–H groups in total. The Morgan fingerprint density at radius 1 is 1.33 bits per heavy atom. The molecule has 0 radical (unpaired) electrons. The Hall–Kier alpha value is -2.17. The summed E-state index contributed by atoms with van der Waals surface area (Å²) in [6.45, 7) is 1.32. The predicted octanol–water partition coefficient (Wildman–Crippen LogP) is 1.70. The highest BCUT2D eigenvalue weighted by Gasteiger charge is 2.21. The number of fused-ring (bicyclic) bond motifs is 1. The average molecular weight is 285 g/mol. The highest BCUT2D eigenvalue weighted by atomic mass is 16.1. The third kappa shape index (κ3) is 3.48. The van der Waals surface area contributed by atoms with Gasteiger partial charge in [-0.25, -0.2) is 4.98 Å². The molecule has 1 aromatic heterocycles. The van der Waals surface area contributed by atoms with Gasteiger partial charge in [-0.1, -0.05) is 12.1 Å². The summed E-state index contributed by atoms with van der Waals surface area (Å²) in [6, 6.07) is 7.31. The molecule has 1 aliphatic carbocycles. The fourth-order valence-electron chi connectivity index (χ4n) is 2.34. The van der Waals surface area contributed by atoms with E-state index in [0.29, 0.717) is 36.2 Å². The number of benzene rings is 1. The van der Waals surface area contributed by atoms with Gasteiger partial charge in [0.15, 0.2) is 0 Å². The number of rotatable bonds is 6. The predicted molar refractivity (Wildman–Crippen MR) is 81.0 cm³/mol. The first-order valence-corrected chi connectivity index (χ1v) is 7.45. The fourth-order valence-corrected chi connectivity index (χ4v) is 2.34. The third-order valence-corrected chi connectivity index (χ3v) is 3.82. The molecule has 110 valence electrons. The van der Waals surface area contributed by atoms with Gasteiger partial charge in [-0.05, 0) is 37.3 Å². The molecule has 0 bridgehead atoms. The third-order valence-electron chi connectivity index (χ3n) is 3.82. The van der Waals surface area contributed by atoms with E-state index < -0.39 is 0 Å². The van der Waals surface area contributed by atoms with Gasteiger partial charge in [0.2, 0.25) is 5.91 Å². The van der Waals surface area contributed by atoms with Crippen LogP contribution in [0.1, 0.15) is 25.7 Å². The minimum atomic E-state index is -0.0426. The largest absolute Gasteiger partial charge is 0.356 e. The van der Waals surface area contributed by atoms with Gasteiger partial charge in [-0.2, -0.15) is 0 Å². The molecule has 0 unspecified atom stereocenters. The first-order chi connectivity index (χ1) is 10.2. The van der Waals surface area contributed by atoms with E-state index in [9.17, 15) is 9.59 Å². The Kier molecular flexibility index (Phi) is 3.99. The van der Waals surface area contributed by atoms with Crippen LogP contribution in [-0.4, -0.2) is 22.0 Å². The normalized spacial score (nSPS) is 14.3. The van der Waals surface area contributed by atoms with Crippen molar-refractivity contribution in [1.29, 1.82) is 0 Å². The molecule has 1 fully saturated rings. The van der Waals surface area contributed by atoms with E-state index in [1.807, 2.05) is 18.2 Å². The van der Waals surface area contributed by atoms with E-state index in [1.54, 1.807) is 17.0 Å². The first-order valence-electron chi connectivity index (χ1n) is 7.45. The molecule has 0 saturated heterocycles. The Morgan fingerprint density at radius 3 is 2.95 bits per heavy atom. The van der Waals surface area contributed by atoms with E-state index in [-0.39, 0.29) is 11.5 Å². The van der Waals surface area contributed by atoms with Crippen LogP contribution in [-0.2, 0) is 11.3 Å². The zero-order chi connectivity index (χ0) is 14.7. The summed E-state index contributed by atoms with van der Waals surface area (Å²) in [5, 5.41) is 3.56. The molecule has 1 heterocycles. The molecule has 1 aromatic carbocycles. The standard InChI is InChI=1S/C16H19N3O2/c20-15(17-10-12-7-8-12)6-3-9-19-11-18-14-5-2-1-4-13(14)16(19)21/h1-2,4-5,11-12H,3,6-10H2,(H,17,20). The Labute approximate surface area is 123 Å². The molecule has 1 saturated carbocycles. The Balaban J connectivity index is 1.56. The molecule has 1 aliphatic rings. The number of nitrogens with zero attached hydrogens (tertiary/aromatic N) is 2. The van der Waals surface area contributed by atoms with Crippen molar-refractivity contribution in [3.05, 3.63) is 40.9 Å². The molecular formula is C16H19N3O2. The van der Waals surface area contributed by atoms with Crippen LogP contribution in [0.25, 0.3) is 10.9 Å². The number of nitrogens with one attached hydrogen (secondary N) is 1. The fraction of sp³-hybridized carbons (Fsp3) is 0.438. The Bertz CT molecular complexity index is 704. The molecule has 1 amide bonds. The number of para-hydroxylation sites is 1. The summed E-state index contributed by atoms with van der Waals surface area (Å²) in [6.07, 6.45) is 5.13. The molecule has 0 aliphatic heterocycles. The van der Waals surface area contributed by atoms with Crippen molar-refractivity contribution in [2.75, 3.05) is 6.54 Å². The van der Waals surface area contributed by atoms with Gasteiger partial charge >= 0.3 is 0 Å². The zero-order valence-electron chi connectivity index (χ0n) is 11.9. The van der Waals surface area contributed by atoms with Crippen molar-refractivity contribution in [3.63, 3.8) is 0 Å². The number of carbonyl (C=O) groups excluding carboxylic acids is 1. The van der Waals surface area contributed by atoms with Crippen LogP contribution < -0.4 is 10.9 Å². The first kappa shape index (κ1) is 13.8. The molecule has 2 aromatic rings. The lowest BCUT2D eigenvalue weighted by Crippen LogP contribution is -2.26. The van der Waals surface area contributed by atoms with Crippen molar-refractivity contribution in [2.45, 2.75) is 32.2 Å². The number of hydrogen-bond acceptors (Lipinski definition) is 3. The molecule has 5 nitrogen and oxygen atoms in total. The number of aromatic nitrogens is 2. The van der Waals surface area contributed by atoms with Crippen LogP contribution in [0, 0.1) is 5.92 Å². The molecule has 21 heavy (non-hydrogen) atoms.